The molecule has 2 aromatic carbocycles. The average molecular weight is 399 g/mol. The number of carbonyl (C=O) groups is 1. The predicted octanol–water partition coefficient (Wildman–Crippen LogP) is 3.98. The van der Waals surface area contributed by atoms with Gasteiger partial charge in [-0.2, -0.15) is 5.26 Å². The van der Waals surface area contributed by atoms with Gasteiger partial charge in [0.25, 0.3) is 0 Å². The first-order valence-corrected chi connectivity index (χ1v) is 10.5. The molecule has 1 N–H and O–H groups in total. The Labute approximate surface area is 177 Å². The summed E-state index contributed by atoms with van der Waals surface area (Å²) in [5.74, 6) is -0.228. The zero-order chi connectivity index (χ0) is 20.9. The minimum Gasteiger partial charge on any atom is -0.466 e. The van der Waals surface area contributed by atoms with Crippen molar-refractivity contribution in [2.24, 2.45) is 5.92 Å². The molecule has 5 nitrogen and oxygen atoms in total. The van der Waals surface area contributed by atoms with Crippen LogP contribution in [0.15, 0.2) is 65.9 Å². The van der Waals surface area contributed by atoms with E-state index in [2.05, 4.69) is 47.5 Å². The first-order valence-electron chi connectivity index (χ1n) is 10.5. The maximum absolute atomic E-state index is 12.8. The van der Waals surface area contributed by atoms with Crippen LogP contribution in [0.5, 0.6) is 0 Å². The van der Waals surface area contributed by atoms with Crippen molar-refractivity contribution in [3.63, 3.8) is 0 Å². The topological polar surface area (TPSA) is 65.4 Å². The van der Waals surface area contributed by atoms with Gasteiger partial charge in [-0.05, 0) is 36.0 Å². The molecule has 5 rings (SSSR count). The van der Waals surface area contributed by atoms with E-state index in [1.807, 2.05) is 30.3 Å². The number of esters is 1. The van der Waals surface area contributed by atoms with Crippen LogP contribution < -0.4 is 5.32 Å². The number of benzene rings is 2. The molecule has 1 aliphatic carbocycles. The second-order valence-corrected chi connectivity index (χ2v) is 8.58. The summed E-state index contributed by atoms with van der Waals surface area (Å²) < 4.78 is 5.17. The van der Waals surface area contributed by atoms with Gasteiger partial charge in [-0.1, -0.05) is 55.5 Å². The third-order valence-electron chi connectivity index (χ3n) is 7.10. The standard InChI is InChI=1S/C25H25N3O2/c1-16-12-21-25(13-18(14-26)28(21)15-17-8-4-3-5-9-17)19-10-6-7-11-20(19)27-23(25)22(16)24(29)30-2/h3-11,16,18,21,27H,12-13,15H2,1-2H3/t16-,18+,21+,25-/m1/s1. The highest BCUT2D eigenvalue weighted by molar-refractivity contribution is 5.93. The minimum atomic E-state index is -0.387. The number of rotatable bonds is 3. The molecule has 1 saturated heterocycles. The van der Waals surface area contributed by atoms with Crippen LogP contribution in [-0.4, -0.2) is 30.1 Å². The van der Waals surface area contributed by atoms with Crippen LogP contribution in [0, 0.1) is 17.2 Å². The number of anilines is 1. The van der Waals surface area contributed by atoms with Crippen molar-refractivity contribution in [2.75, 3.05) is 12.4 Å². The molecule has 2 aliphatic heterocycles. The SMILES string of the molecule is COC(=O)C1=C2Nc3ccccc3[C@@]23C[C@@H](C#N)N(Cc2ccccc2)[C@H]3C[C@H]1C. The zero-order valence-corrected chi connectivity index (χ0v) is 17.3. The number of carbonyl (C=O) groups excluding carboxylic acids is 1. The second kappa shape index (κ2) is 7.00. The second-order valence-electron chi connectivity index (χ2n) is 8.58. The Kier molecular flexibility index (Phi) is 4.41. The molecule has 0 saturated carbocycles. The van der Waals surface area contributed by atoms with Crippen LogP contribution in [0.25, 0.3) is 0 Å². The van der Waals surface area contributed by atoms with Crippen molar-refractivity contribution in [1.29, 1.82) is 5.26 Å². The summed E-state index contributed by atoms with van der Waals surface area (Å²) in [4.78, 5) is 15.1. The molecule has 2 aromatic rings. The lowest BCUT2D eigenvalue weighted by atomic mass is 9.64. The third kappa shape index (κ3) is 2.54. The lowest BCUT2D eigenvalue weighted by Crippen LogP contribution is -2.48. The maximum atomic E-state index is 12.8. The van der Waals surface area contributed by atoms with Crippen LogP contribution >= 0.6 is 0 Å². The lowest BCUT2D eigenvalue weighted by Gasteiger charge is -2.43. The number of para-hydroxylation sites is 1. The number of hydrogen-bond donors (Lipinski definition) is 1. The first-order chi connectivity index (χ1) is 14.6. The Morgan fingerprint density at radius 2 is 1.97 bits per heavy atom. The predicted molar refractivity (Wildman–Crippen MR) is 114 cm³/mol. The van der Waals surface area contributed by atoms with E-state index < -0.39 is 0 Å². The summed E-state index contributed by atoms with van der Waals surface area (Å²) in [6.07, 6.45) is 1.49. The van der Waals surface area contributed by atoms with Crippen molar-refractivity contribution >= 4 is 11.7 Å². The van der Waals surface area contributed by atoms with E-state index in [4.69, 9.17) is 4.74 Å². The van der Waals surface area contributed by atoms with E-state index in [0.29, 0.717) is 6.42 Å². The van der Waals surface area contributed by atoms with Crippen LogP contribution in [-0.2, 0) is 21.5 Å². The number of nitrogens with zero attached hydrogens (tertiary/aromatic N) is 2. The highest BCUT2D eigenvalue weighted by atomic mass is 16.5. The molecule has 0 aromatic heterocycles. The molecule has 2 heterocycles. The van der Waals surface area contributed by atoms with E-state index in [0.717, 1.165) is 29.9 Å². The molecule has 0 bridgehead atoms. The van der Waals surface area contributed by atoms with Gasteiger partial charge in [-0.3, -0.25) is 4.90 Å². The zero-order valence-electron chi connectivity index (χ0n) is 17.3. The molecule has 30 heavy (non-hydrogen) atoms. The van der Waals surface area contributed by atoms with Crippen molar-refractivity contribution in [1.82, 2.24) is 4.90 Å². The summed E-state index contributed by atoms with van der Waals surface area (Å²) in [6.45, 7) is 2.81. The summed E-state index contributed by atoms with van der Waals surface area (Å²) in [5.41, 5.74) is 4.70. The van der Waals surface area contributed by atoms with Crippen LogP contribution in [0.1, 0.15) is 30.9 Å². The van der Waals surface area contributed by atoms with Crippen molar-refractivity contribution in [3.8, 4) is 6.07 Å². The lowest BCUT2D eigenvalue weighted by molar-refractivity contribution is -0.137. The van der Waals surface area contributed by atoms with E-state index in [-0.39, 0.29) is 29.4 Å². The van der Waals surface area contributed by atoms with Crippen LogP contribution in [0.2, 0.25) is 0 Å². The monoisotopic (exact) mass is 399 g/mol. The number of fused-ring (bicyclic) bond motifs is 1. The van der Waals surface area contributed by atoms with Gasteiger partial charge in [-0.15, -0.1) is 0 Å². The van der Waals surface area contributed by atoms with Gasteiger partial charge in [0.2, 0.25) is 0 Å². The number of ether oxygens (including phenoxy) is 1. The number of methoxy groups -OCH3 is 1. The quantitative estimate of drug-likeness (QED) is 0.791. The summed E-state index contributed by atoms with van der Waals surface area (Å²) >= 11 is 0. The van der Waals surface area contributed by atoms with Crippen LogP contribution in [0.4, 0.5) is 5.69 Å². The van der Waals surface area contributed by atoms with Gasteiger partial charge in [0.1, 0.15) is 0 Å². The van der Waals surface area contributed by atoms with Crippen molar-refractivity contribution in [2.45, 2.75) is 43.8 Å². The molecular formula is C25H25N3O2. The van der Waals surface area contributed by atoms with Crippen molar-refractivity contribution < 1.29 is 9.53 Å². The number of likely N-dealkylation sites (tertiary alicyclic amines) is 1. The molecular weight excluding hydrogens is 374 g/mol. The molecule has 5 heteroatoms. The Morgan fingerprint density at radius 3 is 2.70 bits per heavy atom. The Balaban J connectivity index is 1.69. The van der Waals surface area contributed by atoms with Gasteiger partial charge in [0.05, 0.1) is 30.2 Å². The third-order valence-corrected chi connectivity index (χ3v) is 7.10. The van der Waals surface area contributed by atoms with Crippen LogP contribution in [0.3, 0.4) is 0 Å². The van der Waals surface area contributed by atoms with E-state index in [1.165, 1.54) is 18.2 Å². The van der Waals surface area contributed by atoms with Crippen molar-refractivity contribution in [3.05, 3.63) is 77.0 Å². The van der Waals surface area contributed by atoms with Gasteiger partial charge >= 0.3 is 5.97 Å². The molecule has 3 aliphatic rings. The van der Waals surface area contributed by atoms with Gasteiger partial charge in [0, 0.05) is 24.0 Å². The summed E-state index contributed by atoms with van der Waals surface area (Å²) in [5, 5.41) is 13.7. The molecule has 0 radical (unpaired) electrons. The van der Waals surface area contributed by atoms with E-state index in [9.17, 15) is 10.1 Å². The molecule has 4 atom stereocenters. The smallest absolute Gasteiger partial charge is 0.335 e. The number of nitrogens with one attached hydrogen (secondary N) is 1. The minimum absolute atomic E-state index is 0.0445. The summed E-state index contributed by atoms with van der Waals surface area (Å²) in [7, 11) is 1.44. The Hall–Kier alpha value is -3.10. The van der Waals surface area contributed by atoms with E-state index >= 15 is 0 Å². The van der Waals surface area contributed by atoms with Gasteiger partial charge in [-0.25, -0.2) is 4.79 Å². The molecule has 0 amide bonds. The number of hydrogen-bond acceptors (Lipinski definition) is 5. The molecule has 1 spiro atoms. The fourth-order valence-electron chi connectivity index (χ4n) is 5.87. The fraction of sp³-hybridized carbons (Fsp3) is 0.360. The molecule has 152 valence electrons. The Morgan fingerprint density at radius 1 is 1.23 bits per heavy atom. The average Bonchev–Trinajstić information content (AvgIpc) is 3.26. The fourth-order valence-corrected chi connectivity index (χ4v) is 5.87. The highest BCUT2D eigenvalue weighted by Gasteiger charge is 2.62. The summed E-state index contributed by atoms with van der Waals surface area (Å²) in [6, 6.07) is 21.1. The molecule has 1 fully saturated rings. The normalized spacial score (nSPS) is 29.4. The number of nitriles is 1. The largest absolute Gasteiger partial charge is 0.466 e. The van der Waals surface area contributed by atoms with Gasteiger partial charge in [0.15, 0.2) is 0 Å². The highest BCUT2D eigenvalue weighted by Crippen LogP contribution is 2.60. The van der Waals surface area contributed by atoms with E-state index in [1.54, 1.807) is 0 Å². The first kappa shape index (κ1) is 18.9. The van der Waals surface area contributed by atoms with Gasteiger partial charge < -0.3 is 10.1 Å². The maximum Gasteiger partial charge on any atom is 0.335 e. The molecule has 0 unspecified atom stereocenters. The Bertz CT molecular complexity index is 1070.